The van der Waals surface area contributed by atoms with Gasteiger partial charge in [-0.05, 0) is 25.7 Å². The quantitative estimate of drug-likeness (QED) is 0.804. The molecule has 1 aromatic rings. The molecule has 0 spiro atoms. The minimum atomic E-state index is -0.765. The van der Waals surface area contributed by atoms with Crippen molar-refractivity contribution in [2.24, 2.45) is 5.92 Å². The lowest BCUT2D eigenvalue weighted by atomic mass is 9.86. The van der Waals surface area contributed by atoms with Crippen LogP contribution in [-0.4, -0.2) is 40.5 Å². The lowest BCUT2D eigenvalue weighted by Gasteiger charge is -2.29. The average molecular weight is 334 g/mol. The fraction of sp³-hybridized carbons (Fsp3) is 0.562. The maximum atomic E-state index is 11.8. The molecule has 8 nitrogen and oxygen atoms in total. The maximum absolute atomic E-state index is 11.8. The first-order chi connectivity index (χ1) is 11.5. The second kappa shape index (κ2) is 8.37. The van der Waals surface area contributed by atoms with Crippen molar-refractivity contribution in [2.75, 3.05) is 6.61 Å². The van der Waals surface area contributed by atoms with Crippen molar-refractivity contribution in [1.82, 2.24) is 20.6 Å². The molecule has 1 aliphatic carbocycles. The summed E-state index contributed by atoms with van der Waals surface area (Å²) in [6.45, 7) is 3.26. The van der Waals surface area contributed by atoms with Crippen molar-refractivity contribution in [3.8, 4) is 0 Å². The fourth-order valence-corrected chi connectivity index (χ4v) is 2.60. The van der Waals surface area contributed by atoms with Gasteiger partial charge in [-0.3, -0.25) is 15.1 Å². The number of nitrogens with zero attached hydrogens (tertiary/aromatic N) is 2. The number of esters is 1. The zero-order chi connectivity index (χ0) is 17.5. The molecule has 1 aromatic heterocycles. The summed E-state index contributed by atoms with van der Waals surface area (Å²) in [5, 5.41) is 4.95. The normalized spacial score (nSPS) is 20.1. The SMILES string of the molecule is Cc1cnc(C(=O)OCC(=O)NC(=O)N[C@@H]2CCCC[C@H]2C)cn1. The number of rotatable bonds is 4. The van der Waals surface area contributed by atoms with Crippen LogP contribution in [0.25, 0.3) is 0 Å². The average Bonchev–Trinajstić information content (AvgIpc) is 2.55. The van der Waals surface area contributed by atoms with Crippen LogP contribution in [-0.2, 0) is 9.53 Å². The van der Waals surface area contributed by atoms with Crippen LogP contribution in [0.2, 0.25) is 0 Å². The Labute approximate surface area is 140 Å². The van der Waals surface area contributed by atoms with Gasteiger partial charge in [0.15, 0.2) is 12.3 Å². The molecule has 2 atom stereocenters. The highest BCUT2D eigenvalue weighted by Crippen LogP contribution is 2.23. The summed E-state index contributed by atoms with van der Waals surface area (Å²) in [5.74, 6) is -1.07. The fourth-order valence-electron chi connectivity index (χ4n) is 2.60. The monoisotopic (exact) mass is 334 g/mol. The van der Waals surface area contributed by atoms with E-state index in [0.29, 0.717) is 11.6 Å². The van der Waals surface area contributed by atoms with Crippen molar-refractivity contribution < 1.29 is 19.1 Å². The predicted molar refractivity (Wildman–Crippen MR) is 85.1 cm³/mol. The van der Waals surface area contributed by atoms with E-state index in [1.54, 1.807) is 6.92 Å². The molecule has 2 rings (SSSR count). The topological polar surface area (TPSA) is 110 Å². The first-order valence-corrected chi connectivity index (χ1v) is 8.02. The molecule has 1 aliphatic rings. The Kier molecular flexibility index (Phi) is 6.22. The standard InChI is InChI=1S/C16H22N4O4/c1-10-5-3-4-6-12(10)19-16(23)20-14(21)9-24-15(22)13-8-17-11(2)7-18-13/h7-8,10,12H,3-6,9H2,1-2H3,(H2,19,20,21,23)/t10-,12-/m1/s1. The minimum Gasteiger partial charge on any atom is -0.451 e. The van der Waals surface area contributed by atoms with Crippen LogP contribution < -0.4 is 10.6 Å². The van der Waals surface area contributed by atoms with Crippen LogP contribution in [0, 0.1) is 12.8 Å². The van der Waals surface area contributed by atoms with E-state index in [1.165, 1.54) is 12.4 Å². The summed E-state index contributed by atoms with van der Waals surface area (Å²) in [5.41, 5.74) is 0.673. The smallest absolute Gasteiger partial charge is 0.359 e. The van der Waals surface area contributed by atoms with Gasteiger partial charge >= 0.3 is 12.0 Å². The summed E-state index contributed by atoms with van der Waals surface area (Å²) in [4.78, 5) is 43.0. The number of ether oxygens (including phenoxy) is 1. The van der Waals surface area contributed by atoms with Crippen LogP contribution in [0.4, 0.5) is 4.79 Å². The number of imide groups is 1. The van der Waals surface area contributed by atoms with Gasteiger partial charge in [0.05, 0.1) is 11.9 Å². The molecule has 2 N–H and O–H groups in total. The second-order valence-electron chi connectivity index (χ2n) is 6.01. The molecule has 0 aliphatic heterocycles. The molecule has 1 heterocycles. The number of aryl methyl sites for hydroxylation is 1. The molecular weight excluding hydrogens is 312 g/mol. The molecule has 1 saturated carbocycles. The van der Waals surface area contributed by atoms with E-state index in [4.69, 9.17) is 4.74 Å². The highest BCUT2D eigenvalue weighted by atomic mass is 16.5. The van der Waals surface area contributed by atoms with E-state index in [9.17, 15) is 14.4 Å². The largest absolute Gasteiger partial charge is 0.451 e. The highest BCUT2D eigenvalue weighted by molar-refractivity contribution is 5.96. The molecule has 8 heteroatoms. The Balaban J connectivity index is 1.73. The van der Waals surface area contributed by atoms with Gasteiger partial charge in [-0.1, -0.05) is 19.8 Å². The van der Waals surface area contributed by atoms with Crippen LogP contribution in [0.3, 0.4) is 0 Å². The first-order valence-electron chi connectivity index (χ1n) is 8.02. The molecule has 24 heavy (non-hydrogen) atoms. The Morgan fingerprint density at radius 1 is 1.21 bits per heavy atom. The van der Waals surface area contributed by atoms with Crippen molar-refractivity contribution >= 4 is 17.9 Å². The van der Waals surface area contributed by atoms with Crippen molar-refractivity contribution in [1.29, 1.82) is 0 Å². The van der Waals surface area contributed by atoms with Gasteiger partial charge < -0.3 is 10.1 Å². The highest BCUT2D eigenvalue weighted by Gasteiger charge is 2.23. The summed E-state index contributed by atoms with van der Waals surface area (Å²) >= 11 is 0. The van der Waals surface area contributed by atoms with Crippen molar-refractivity contribution in [2.45, 2.75) is 45.6 Å². The first kappa shape index (κ1) is 17.8. The number of hydrogen-bond acceptors (Lipinski definition) is 6. The third-order valence-corrected chi connectivity index (χ3v) is 4.01. The molecular formula is C16H22N4O4. The van der Waals surface area contributed by atoms with E-state index in [0.717, 1.165) is 25.7 Å². The van der Waals surface area contributed by atoms with E-state index in [1.807, 2.05) is 0 Å². The zero-order valence-electron chi connectivity index (χ0n) is 13.9. The number of carbonyl (C=O) groups excluding carboxylic acids is 3. The molecule has 0 bridgehead atoms. The van der Waals surface area contributed by atoms with Gasteiger partial charge in [0, 0.05) is 12.2 Å². The number of carbonyl (C=O) groups is 3. The van der Waals surface area contributed by atoms with Crippen LogP contribution in [0.5, 0.6) is 0 Å². The number of hydrogen-bond donors (Lipinski definition) is 2. The van der Waals surface area contributed by atoms with Crippen LogP contribution in [0.15, 0.2) is 12.4 Å². The number of aromatic nitrogens is 2. The van der Waals surface area contributed by atoms with Gasteiger partial charge in [0.1, 0.15) is 0 Å². The summed E-state index contributed by atoms with van der Waals surface area (Å²) in [6, 6.07) is -0.498. The maximum Gasteiger partial charge on any atom is 0.359 e. The van der Waals surface area contributed by atoms with E-state index >= 15 is 0 Å². The second-order valence-corrected chi connectivity index (χ2v) is 6.01. The molecule has 0 aromatic carbocycles. The Morgan fingerprint density at radius 3 is 2.62 bits per heavy atom. The van der Waals surface area contributed by atoms with Crippen molar-refractivity contribution in [3.05, 3.63) is 23.8 Å². The van der Waals surface area contributed by atoms with Crippen molar-refractivity contribution in [3.63, 3.8) is 0 Å². The third kappa shape index (κ3) is 5.29. The van der Waals surface area contributed by atoms with Crippen LogP contribution >= 0.6 is 0 Å². The molecule has 1 fully saturated rings. The van der Waals surface area contributed by atoms with Gasteiger partial charge in [-0.2, -0.15) is 0 Å². The summed E-state index contributed by atoms with van der Waals surface area (Å²) in [7, 11) is 0. The molecule has 130 valence electrons. The van der Waals surface area contributed by atoms with E-state index in [-0.39, 0.29) is 11.7 Å². The lowest BCUT2D eigenvalue weighted by molar-refractivity contribution is -0.123. The lowest BCUT2D eigenvalue weighted by Crippen LogP contribution is -2.48. The predicted octanol–water partition coefficient (Wildman–Crippen LogP) is 1.35. The Hall–Kier alpha value is -2.51. The molecule has 0 unspecified atom stereocenters. The molecule has 0 saturated heterocycles. The Bertz CT molecular complexity index is 603. The number of urea groups is 1. The molecule has 3 amide bonds. The van der Waals surface area contributed by atoms with E-state index < -0.39 is 24.5 Å². The zero-order valence-corrected chi connectivity index (χ0v) is 13.9. The van der Waals surface area contributed by atoms with Gasteiger partial charge in [0.2, 0.25) is 0 Å². The van der Waals surface area contributed by atoms with Gasteiger partial charge in [-0.25, -0.2) is 14.6 Å². The number of nitrogens with one attached hydrogen (secondary N) is 2. The van der Waals surface area contributed by atoms with E-state index in [2.05, 4.69) is 27.5 Å². The number of amides is 3. The Morgan fingerprint density at radius 2 is 1.96 bits per heavy atom. The molecule has 0 radical (unpaired) electrons. The van der Waals surface area contributed by atoms with Gasteiger partial charge in [-0.15, -0.1) is 0 Å². The third-order valence-electron chi connectivity index (χ3n) is 4.01. The summed E-state index contributed by atoms with van der Waals surface area (Å²) < 4.78 is 4.81. The minimum absolute atomic E-state index is 0.00822. The van der Waals surface area contributed by atoms with Gasteiger partial charge in [0.25, 0.3) is 5.91 Å². The van der Waals surface area contributed by atoms with Crippen LogP contribution in [0.1, 0.15) is 48.8 Å². The summed E-state index contributed by atoms with van der Waals surface area (Å²) in [6.07, 6.45) is 6.90.